The van der Waals surface area contributed by atoms with Gasteiger partial charge in [-0.05, 0) is 13.8 Å². The molecule has 0 unspecified atom stereocenters. The van der Waals surface area contributed by atoms with Crippen LogP contribution in [0, 0.1) is 0 Å². The van der Waals surface area contributed by atoms with E-state index in [0.717, 1.165) is 5.71 Å². The lowest BCUT2D eigenvalue weighted by atomic mass is 10.1. The first kappa shape index (κ1) is 16.5. The van der Waals surface area contributed by atoms with Gasteiger partial charge in [0.25, 0.3) is 0 Å². The minimum absolute atomic E-state index is 0.158. The number of nitrogens with two attached hydrogens (primary N) is 1. The Labute approximate surface area is 136 Å². The summed E-state index contributed by atoms with van der Waals surface area (Å²) in [5.41, 5.74) is 9.94. The molecule has 4 atom stereocenters. The maximum atomic E-state index is 10.3. The highest BCUT2D eigenvalue weighted by Gasteiger charge is 2.45. The maximum Gasteiger partial charge on any atom is 0.228 e. The van der Waals surface area contributed by atoms with Crippen LogP contribution < -0.4 is 11.2 Å². The van der Waals surface area contributed by atoms with Crippen LogP contribution in [-0.2, 0) is 4.74 Å². The van der Waals surface area contributed by atoms with Gasteiger partial charge in [-0.25, -0.2) is 20.4 Å². The fourth-order valence-electron chi connectivity index (χ4n) is 2.50. The molecule has 0 aliphatic carbocycles. The number of hydrazone groups is 1. The van der Waals surface area contributed by atoms with Crippen LogP contribution in [0.1, 0.15) is 20.1 Å². The number of nitrogens with one attached hydrogen (secondary N) is 1. The van der Waals surface area contributed by atoms with Crippen molar-refractivity contribution in [3.63, 3.8) is 0 Å². The first-order valence-corrected chi connectivity index (χ1v) is 7.31. The van der Waals surface area contributed by atoms with Crippen molar-refractivity contribution in [3.05, 3.63) is 6.33 Å². The van der Waals surface area contributed by atoms with Crippen molar-refractivity contribution in [1.29, 1.82) is 0 Å². The number of aromatic nitrogens is 4. The summed E-state index contributed by atoms with van der Waals surface area (Å²) >= 11 is 0. The van der Waals surface area contributed by atoms with E-state index >= 15 is 0 Å². The Bertz CT molecular complexity index is 773. The van der Waals surface area contributed by atoms with Gasteiger partial charge in [0.2, 0.25) is 5.95 Å². The molecule has 0 spiro atoms. The van der Waals surface area contributed by atoms with E-state index in [4.69, 9.17) is 10.5 Å². The van der Waals surface area contributed by atoms with E-state index in [0.29, 0.717) is 11.2 Å². The highest BCUT2D eigenvalue weighted by Crippen LogP contribution is 2.35. The standard InChI is InChI=1S/C13H19N7O4/c1-5(2)18-19-13-17-7-10(14)15-4-16-11(7)20(13)12-9(23)8(22)6(3-21)24-12/h4,6,8-9,12,21-23H,3H2,1-2H3,(H,17,19)(H2,14,15,16)/t6-,8+,9+,12-/m0/s1. The Morgan fingerprint density at radius 3 is 2.75 bits per heavy atom. The Morgan fingerprint density at radius 2 is 2.12 bits per heavy atom. The van der Waals surface area contributed by atoms with Gasteiger partial charge in [0.15, 0.2) is 23.2 Å². The molecular formula is C13H19N7O4. The normalized spacial score (nSPS) is 26.7. The fraction of sp³-hybridized carbons (Fsp3) is 0.538. The first-order valence-electron chi connectivity index (χ1n) is 7.31. The molecule has 2 aromatic rings. The molecule has 2 aromatic heterocycles. The van der Waals surface area contributed by atoms with Gasteiger partial charge >= 0.3 is 0 Å². The van der Waals surface area contributed by atoms with E-state index in [9.17, 15) is 15.3 Å². The molecule has 0 saturated carbocycles. The number of ether oxygens (including phenoxy) is 1. The SMILES string of the molecule is CC(C)=NNc1nc2c(N)ncnc2n1[C@H]1O[C@@H](CO)[C@@H](O)[C@H]1O. The molecule has 130 valence electrons. The molecule has 0 bridgehead atoms. The van der Waals surface area contributed by atoms with Crippen molar-refractivity contribution in [1.82, 2.24) is 19.5 Å². The van der Waals surface area contributed by atoms with E-state index in [1.807, 2.05) is 0 Å². The number of anilines is 2. The molecule has 1 aliphatic heterocycles. The molecule has 0 amide bonds. The average molecular weight is 337 g/mol. The number of rotatable bonds is 4. The van der Waals surface area contributed by atoms with E-state index < -0.39 is 31.1 Å². The largest absolute Gasteiger partial charge is 0.394 e. The Morgan fingerprint density at radius 1 is 1.38 bits per heavy atom. The number of nitrogen functional groups attached to an aromatic ring is 1. The molecule has 1 aliphatic rings. The van der Waals surface area contributed by atoms with E-state index in [2.05, 4.69) is 25.5 Å². The molecule has 1 saturated heterocycles. The van der Waals surface area contributed by atoms with Gasteiger partial charge in [0.05, 0.1) is 6.61 Å². The lowest BCUT2D eigenvalue weighted by Gasteiger charge is -2.18. The second kappa shape index (κ2) is 6.28. The van der Waals surface area contributed by atoms with Crippen LogP contribution in [0.5, 0.6) is 0 Å². The first-order chi connectivity index (χ1) is 11.4. The predicted octanol–water partition coefficient (Wildman–Crippen LogP) is -1.17. The smallest absolute Gasteiger partial charge is 0.228 e. The molecule has 3 rings (SSSR count). The fourth-order valence-corrected chi connectivity index (χ4v) is 2.50. The van der Waals surface area contributed by atoms with Crippen LogP contribution in [0.25, 0.3) is 11.2 Å². The zero-order chi connectivity index (χ0) is 17.4. The van der Waals surface area contributed by atoms with Crippen LogP contribution in [0.2, 0.25) is 0 Å². The van der Waals surface area contributed by atoms with Gasteiger partial charge in [-0.1, -0.05) is 0 Å². The lowest BCUT2D eigenvalue weighted by molar-refractivity contribution is -0.0501. The molecule has 3 heterocycles. The van der Waals surface area contributed by atoms with E-state index in [1.54, 1.807) is 13.8 Å². The third-order valence-electron chi connectivity index (χ3n) is 3.66. The Kier molecular flexibility index (Phi) is 4.32. The number of nitrogens with zero attached hydrogens (tertiary/aromatic N) is 5. The van der Waals surface area contributed by atoms with Gasteiger partial charge in [-0.15, -0.1) is 0 Å². The minimum Gasteiger partial charge on any atom is -0.394 e. The van der Waals surface area contributed by atoms with Gasteiger partial charge < -0.3 is 25.8 Å². The van der Waals surface area contributed by atoms with Crippen LogP contribution in [0.3, 0.4) is 0 Å². The zero-order valence-corrected chi connectivity index (χ0v) is 13.2. The van der Waals surface area contributed by atoms with E-state index in [1.165, 1.54) is 10.9 Å². The summed E-state index contributed by atoms with van der Waals surface area (Å²) in [6, 6.07) is 0. The second-order valence-corrected chi connectivity index (χ2v) is 5.64. The second-order valence-electron chi connectivity index (χ2n) is 5.64. The van der Waals surface area contributed by atoms with Gasteiger partial charge in [-0.2, -0.15) is 5.10 Å². The molecule has 11 nitrogen and oxygen atoms in total. The number of hydrogen-bond acceptors (Lipinski definition) is 10. The quantitative estimate of drug-likeness (QED) is 0.341. The number of hydrogen-bond donors (Lipinski definition) is 5. The van der Waals surface area contributed by atoms with Crippen molar-refractivity contribution in [3.8, 4) is 0 Å². The molecule has 0 aromatic carbocycles. The third kappa shape index (κ3) is 2.67. The third-order valence-corrected chi connectivity index (χ3v) is 3.66. The van der Waals surface area contributed by atoms with Crippen LogP contribution in [0.15, 0.2) is 11.4 Å². The predicted molar refractivity (Wildman–Crippen MR) is 85.2 cm³/mol. The molecule has 11 heteroatoms. The molecular weight excluding hydrogens is 318 g/mol. The highest BCUT2D eigenvalue weighted by molar-refractivity contribution is 5.84. The summed E-state index contributed by atoms with van der Waals surface area (Å²) in [6.45, 7) is 3.15. The summed E-state index contributed by atoms with van der Waals surface area (Å²) in [4.78, 5) is 12.3. The number of aliphatic hydroxyl groups is 3. The number of fused-ring (bicyclic) bond motifs is 1. The summed E-state index contributed by atoms with van der Waals surface area (Å²) in [5, 5.41) is 33.6. The average Bonchev–Trinajstić information content (AvgIpc) is 3.05. The highest BCUT2D eigenvalue weighted by atomic mass is 16.6. The Balaban J connectivity index is 2.13. The van der Waals surface area contributed by atoms with Gasteiger partial charge in [-0.3, -0.25) is 4.57 Å². The summed E-state index contributed by atoms with van der Waals surface area (Å²) in [7, 11) is 0. The summed E-state index contributed by atoms with van der Waals surface area (Å²) in [6.07, 6.45) is -3.23. The van der Waals surface area contributed by atoms with E-state index in [-0.39, 0.29) is 11.8 Å². The van der Waals surface area contributed by atoms with Crippen LogP contribution >= 0.6 is 0 Å². The Hall–Kier alpha value is -2.34. The van der Waals surface area contributed by atoms with Gasteiger partial charge in [0, 0.05) is 5.71 Å². The number of aliphatic hydroxyl groups excluding tert-OH is 3. The molecule has 6 N–H and O–H groups in total. The number of imidazole rings is 1. The summed E-state index contributed by atoms with van der Waals surface area (Å²) in [5.74, 6) is 0.374. The van der Waals surface area contributed by atoms with Crippen molar-refractivity contribution in [2.45, 2.75) is 38.4 Å². The molecule has 0 radical (unpaired) electrons. The maximum absolute atomic E-state index is 10.3. The van der Waals surface area contributed by atoms with Crippen molar-refractivity contribution in [2.75, 3.05) is 17.8 Å². The van der Waals surface area contributed by atoms with Gasteiger partial charge in [0.1, 0.15) is 24.6 Å². The summed E-state index contributed by atoms with van der Waals surface area (Å²) < 4.78 is 6.99. The zero-order valence-electron chi connectivity index (χ0n) is 13.2. The molecule has 24 heavy (non-hydrogen) atoms. The minimum atomic E-state index is -1.29. The molecule has 1 fully saturated rings. The lowest BCUT2D eigenvalue weighted by Crippen LogP contribution is -2.33. The van der Waals surface area contributed by atoms with Crippen LogP contribution in [-0.4, -0.2) is 65.5 Å². The van der Waals surface area contributed by atoms with Crippen molar-refractivity contribution >= 4 is 28.6 Å². The van der Waals surface area contributed by atoms with Crippen molar-refractivity contribution in [2.24, 2.45) is 5.10 Å². The monoisotopic (exact) mass is 337 g/mol. The van der Waals surface area contributed by atoms with Crippen molar-refractivity contribution < 1.29 is 20.1 Å². The van der Waals surface area contributed by atoms with Crippen LogP contribution in [0.4, 0.5) is 11.8 Å². The topological polar surface area (TPSA) is 164 Å².